The summed E-state index contributed by atoms with van der Waals surface area (Å²) in [5, 5.41) is 8.21. The molecule has 4 rings (SSSR count). The van der Waals surface area contributed by atoms with E-state index < -0.39 is 17.5 Å². The summed E-state index contributed by atoms with van der Waals surface area (Å²) in [6, 6.07) is 7.32. The number of anilines is 1. The molecule has 1 fully saturated rings. The number of nitrogens with zero attached hydrogens (tertiary/aromatic N) is 2. The molecule has 0 radical (unpaired) electrons. The van der Waals surface area contributed by atoms with Crippen LogP contribution in [-0.4, -0.2) is 41.1 Å². The SMILES string of the molecule is CO.N/C(=C\N(N)c1c(-c2ccc(F)cc2)[nH]c2c(F)cc(F)cc12)C(=O)N1CCCC1. The summed E-state index contributed by atoms with van der Waals surface area (Å²) in [6.45, 7) is 1.23. The van der Waals surface area contributed by atoms with E-state index >= 15 is 0 Å². The first-order chi connectivity index (χ1) is 15.3. The Balaban J connectivity index is 0.00000141. The molecule has 1 aliphatic heterocycles. The lowest BCUT2D eigenvalue weighted by molar-refractivity contribution is -0.126. The molecule has 1 amide bonds. The fraction of sp³-hybridized carbons (Fsp3) is 0.227. The van der Waals surface area contributed by atoms with Gasteiger partial charge in [0.1, 0.15) is 23.1 Å². The maximum absolute atomic E-state index is 14.4. The van der Waals surface area contributed by atoms with Gasteiger partial charge in [0.2, 0.25) is 0 Å². The van der Waals surface area contributed by atoms with Gasteiger partial charge in [0.05, 0.1) is 23.1 Å². The lowest BCUT2D eigenvalue weighted by Gasteiger charge is -2.19. The molecule has 0 unspecified atom stereocenters. The molecule has 170 valence electrons. The monoisotopic (exact) mass is 447 g/mol. The number of benzene rings is 2. The van der Waals surface area contributed by atoms with Gasteiger partial charge in [0.25, 0.3) is 5.91 Å². The minimum absolute atomic E-state index is 0.0269. The second-order valence-corrected chi connectivity index (χ2v) is 7.16. The Bertz CT molecular complexity index is 1140. The van der Waals surface area contributed by atoms with Gasteiger partial charge in [-0.25, -0.2) is 19.0 Å². The van der Waals surface area contributed by atoms with Crippen molar-refractivity contribution >= 4 is 22.5 Å². The van der Waals surface area contributed by atoms with Gasteiger partial charge in [0.15, 0.2) is 0 Å². The van der Waals surface area contributed by atoms with E-state index in [-0.39, 0.29) is 28.2 Å². The van der Waals surface area contributed by atoms with Gasteiger partial charge in [-0.05, 0) is 43.2 Å². The van der Waals surface area contributed by atoms with Gasteiger partial charge in [0, 0.05) is 37.2 Å². The van der Waals surface area contributed by atoms with Gasteiger partial charge in [-0.3, -0.25) is 9.80 Å². The van der Waals surface area contributed by atoms with Crippen molar-refractivity contribution < 1.29 is 23.1 Å². The van der Waals surface area contributed by atoms with Crippen LogP contribution in [0.1, 0.15) is 12.8 Å². The van der Waals surface area contributed by atoms with Gasteiger partial charge < -0.3 is 20.7 Å². The summed E-state index contributed by atoms with van der Waals surface area (Å²) in [6.07, 6.45) is 3.03. The number of fused-ring (bicyclic) bond motifs is 1. The zero-order valence-electron chi connectivity index (χ0n) is 17.4. The van der Waals surface area contributed by atoms with Crippen LogP contribution in [0, 0.1) is 17.5 Å². The molecule has 1 aliphatic rings. The molecule has 0 saturated carbocycles. The number of likely N-dealkylation sites (tertiary alicyclic amines) is 1. The highest BCUT2D eigenvalue weighted by Crippen LogP contribution is 2.38. The van der Waals surface area contributed by atoms with Crippen LogP contribution in [0.2, 0.25) is 0 Å². The van der Waals surface area contributed by atoms with Crippen molar-refractivity contribution in [3.63, 3.8) is 0 Å². The molecule has 0 atom stereocenters. The van der Waals surface area contributed by atoms with Crippen LogP contribution in [0.25, 0.3) is 22.2 Å². The van der Waals surface area contributed by atoms with Crippen molar-refractivity contribution in [3.8, 4) is 11.3 Å². The van der Waals surface area contributed by atoms with Crippen molar-refractivity contribution in [1.29, 1.82) is 0 Å². The molecule has 3 aromatic rings. The first-order valence-electron chi connectivity index (χ1n) is 9.87. The molecule has 7 nitrogen and oxygen atoms in total. The number of halogens is 3. The quantitative estimate of drug-likeness (QED) is 0.279. The zero-order valence-corrected chi connectivity index (χ0v) is 17.4. The number of H-pyrrole nitrogens is 1. The lowest BCUT2D eigenvalue weighted by atomic mass is 10.1. The van der Waals surface area contributed by atoms with E-state index in [9.17, 15) is 18.0 Å². The van der Waals surface area contributed by atoms with Crippen molar-refractivity contribution in [2.24, 2.45) is 11.6 Å². The Morgan fingerprint density at radius 2 is 1.72 bits per heavy atom. The second-order valence-electron chi connectivity index (χ2n) is 7.16. The molecule has 10 heteroatoms. The van der Waals surface area contributed by atoms with Crippen molar-refractivity contribution in [2.75, 3.05) is 25.2 Å². The number of aliphatic hydroxyl groups excluding tert-OH is 1. The highest BCUT2D eigenvalue weighted by Gasteiger charge is 2.23. The molecular weight excluding hydrogens is 423 g/mol. The summed E-state index contributed by atoms with van der Waals surface area (Å²) in [7, 11) is 1.00. The third-order valence-corrected chi connectivity index (χ3v) is 5.11. The van der Waals surface area contributed by atoms with Crippen LogP contribution in [-0.2, 0) is 4.79 Å². The summed E-state index contributed by atoms with van der Waals surface area (Å²) in [5.41, 5.74) is 6.91. The van der Waals surface area contributed by atoms with Crippen LogP contribution in [0.4, 0.5) is 18.9 Å². The fourth-order valence-corrected chi connectivity index (χ4v) is 3.67. The Morgan fingerprint density at radius 3 is 2.34 bits per heavy atom. The smallest absolute Gasteiger partial charge is 0.271 e. The predicted octanol–water partition coefficient (Wildman–Crippen LogP) is 2.96. The fourth-order valence-electron chi connectivity index (χ4n) is 3.67. The van der Waals surface area contributed by atoms with E-state index in [2.05, 4.69) is 4.98 Å². The average molecular weight is 447 g/mol. The van der Waals surface area contributed by atoms with Crippen molar-refractivity contribution in [1.82, 2.24) is 9.88 Å². The molecule has 2 heterocycles. The average Bonchev–Trinajstić information content (AvgIpc) is 3.43. The summed E-state index contributed by atoms with van der Waals surface area (Å²) in [4.78, 5) is 17.0. The largest absolute Gasteiger partial charge is 0.400 e. The van der Waals surface area contributed by atoms with Crippen LogP contribution in [0.5, 0.6) is 0 Å². The maximum atomic E-state index is 14.4. The zero-order chi connectivity index (χ0) is 23.4. The van der Waals surface area contributed by atoms with Crippen LogP contribution >= 0.6 is 0 Å². The van der Waals surface area contributed by atoms with Crippen LogP contribution < -0.4 is 16.6 Å². The number of aromatic nitrogens is 1. The standard InChI is InChI=1S/C21H20F3N5O.CH4O/c22-13-5-3-12(4-6-13)18-20(15-9-14(23)10-16(24)19(15)27-18)29(26)11-17(25)21(30)28-7-1-2-8-28;1-2/h3-6,9-11,27H,1-2,7-8,25-26H2;2H,1H3/b17-11-;. The first-order valence-corrected chi connectivity index (χ1v) is 9.87. The maximum Gasteiger partial charge on any atom is 0.271 e. The normalized spacial score (nSPS) is 13.8. The van der Waals surface area contributed by atoms with E-state index in [0.717, 1.165) is 37.1 Å². The van der Waals surface area contributed by atoms with E-state index in [1.54, 1.807) is 4.90 Å². The minimum atomic E-state index is -0.807. The summed E-state index contributed by atoms with van der Waals surface area (Å²) >= 11 is 0. The molecular formula is C22H24F3N5O2. The van der Waals surface area contributed by atoms with Gasteiger partial charge >= 0.3 is 0 Å². The number of rotatable bonds is 4. The number of nitrogens with two attached hydrogens (primary N) is 2. The lowest BCUT2D eigenvalue weighted by Crippen LogP contribution is -2.35. The molecule has 0 aliphatic carbocycles. The number of hydrazine groups is 1. The number of aromatic amines is 1. The molecule has 1 saturated heterocycles. The van der Waals surface area contributed by atoms with Gasteiger partial charge in [-0.2, -0.15) is 0 Å². The number of hydrogen-bond acceptors (Lipinski definition) is 5. The number of aliphatic hydroxyl groups is 1. The third-order valence-electron chi connectivity index (χ3n) is 5.11. The van der Waals surface area contributed by atoms with Gasteiger partial charge in [-0.1, -0.05) is 0 Å². The van der Waals surface area contributed by atoms with Gasteiger partial charge in [-0.15, -0.1) is 0 Å². The Labute approximate surface area is 182 Å². The van der Waals surface area contributed by atoms with Crippen LogP contribution in [0.15, 0.2) is 48.3 Å². The molecule has 2 aromatic carbocycles. The molecule has 1 aromatic heterocycles. The highest BCUT2D eigenvalue weighted by molar-refractivity contribution is 6.02. The summed E-state index contributed by atoms with van der Waals surface area (Å²) < 4.78 is 41.7. The number of carbonyl (C=O) groups excluding carboxylic acids is 1. The number of nitrogens with one attached hydrogen (secondary N) is 1. The Kier molecular flexibility index (Phi) is 7.06. The topological polar surface area (TPSA) is 112 Å². The predicted molar refractivity (Wildman–Crippen MR) is 117 cm³/mol. The molecule has 6 N–H and O–H groups in total. The Morgan fingerprint density at radius 1 is 1.09 bits per heavy atom. The number of amides is 1. The highest BCUT2D eigenvalue weighted by atomic mass is 19.1. The van der Waals surface area contributed by atoms with Crippen LogP contribution in [0.3, 0.4) is 0 Å². The van der Waals surface area contributed by atoms with Crippen molar-refractivity contribution in [2.45, 2.75) is 12.8 Å². The van der Waals surface area contributed by atoms with E-state index in [4.69, 9.17) is 16.7 Å². The third kappa shape index (κ3) is 4.56. The first kappa shape index (κ1) is 23.2. The van der Waals surface area contributed by atoms with E-state index in [1.165, 1.54) is 30.5 Å². The molecule has 32 heavy (non-hydrogen) atoms. The molecule has 0 spiro atoms. The van der Waals surface area contributed by atoms with E-state index in [1.807, 2.05) is 0 Å². The number of carbonyl (C=O) groups is 1. The molecule has 0 bridgehead atoms. The Hall–Kier alpha value is -3.50. The van der Waals surface area contributed by atoms with Crippen molar-refractivity contribution in [3.05, 3.63) is 65.7 Å². The van der Waals surface area contributed by atoms with E-state index in [0.29, 0.717) is 24.3 Å². The number of hydrogen-bond donors (Lipinski definition) is 4. The summed E-state index contributed by atoms with van der Waals surface area (Å²) in [5.74, 6) is 3.78. The second kappa shape index (κ2) is 9.75. The minimum Gasteiger partial charge on any atom is -0.400 e.